The van der Waals surface area contributed by atoms with Crippen LogP contribution in [0.5, 0.6) is 0 Å². The van der Waals surface area contributed by atoms with E-state index in [-0.39, 0.29) is 0 Å². The van der Waals surface area contributed by atoms with E-state index in [9.17, 15) is 0 Å². The first-order chi connectivity index (χ1) is 5.65. The third-order valence-electron chi connectivity index (χ3n) is 1.85. The molecule has 0 bridgehead atoms. The second-order valence-corrected chi connectivity index (χ2v) is 3.72. The maximum atomic E-state index is 3.75. The SMILES string of the molecule is C=C[C](C)c1cc(C)ccc1Br. The summed E-state index contributed by atoms with van der Waals surface area (Å²) in [5.41, 5.74) is 2.50. The van der Waals surface area contributed by atoms with E-state index in [4.69, 9.17) is 0 Å². The molecule has 0 amide bonds. The highest BCUT2D eigenvalue weighted by atomic mass is 79.9. The van der Waals surface area contributed by atoms with E-state index in [0.29, 0.717) is 0 Å². The number of aryl methyl sites for hydroxylation is 1. The standard InChI is InChI=1S/C11H12Br/c1-4-9(3)10-7-8(2)5-6-11(10)12/h4-7H,1H2,2-3H3. The van der Waals surface area contributed by atoms with Gasteiger partial charge in [-0.15, -0.1) is 6.58 Å². The molecule has 0 heterocycles. The third kappa shape index (κ3) is 1.98. The van der Waals surface area contributed by atoms with Gasteiger partial charge in [0.05, 0.1) is 0 Å². The molecule has 0 fully saturated rings. The predicted molar refractivity (Wildman–Crippen MR) is 57.1 cm³/mol. The fraction of sp³-hybridized carbons (Fsp3) is 0.182. The Morgan fingerprint density at radius 1 is 1.50 bits per heavy atom. The fourth-order valence-corrected chi connectivity index (χ4v) is 1.61. The molecule has 12 heavy (non-hydrogen) atoms. The molecule has 1 radical (unpaired) electrons. The average Bonchev–Trinajstić information content (AvgIpc) is 2.08. The topological polar surface area (TPSA) is 0 Å². The van der Waals surface area contributed by atoms with E-state index >= 15 is 0 Å². The number of allylic oxidation sites excluding steroid dienone is 1. The van der Waals surface area contributed by atoms with Crippen LogP contribution in [0, 0.1) is 12.8 Å². The predicted octanol–water partition coefficient (Wildman–Crippen LogP) is 3.89. The van der Waals surface area contributed by atoms with Crippen molar-refractivity contribution in [2.24, 2.45) is 0 Å². The fourth-order valence-electron chi connectivity index (χ4n) is 1.05. The lowest BCUT2D eigenvalue weighted by Gasteiger charge is -2.08. The van der Waals surface area contributed by atoms with Gasteiger partial charge in [0.25, 0.3) is 0 Å². The normalized spacial score (nSPS) is 10.3. The monoisotopic (exact) mass is 223 g/mol. The van der Waals surface area contributed by atoms with Crippen LogP contribution in [0.25, 0.3) is 0 Å². The minimum atomic E-state index is 1.13. The maximum absolute atomic E-state index is 3.75. The van der Waals surface area contributed by atoms with Crippen LogP contribution < -0.4 is 0 Å². The minimum absolute atomic E-state index is 1.13. The summed E-state index contributed by atoms with van der Waals surface area (Å²) in [7, 11) is 0. The molecule has 0 aliphatic rings. The van der Waals surface area contributed by atoms with Gasteiger partial charge in [-0.1, -0.05) is 46.6 Å². The summed E-state index contributed by atoms with van der Waals surface area (Å²) in [6, 6.07) is 6.31. The van der Waals surface area contributed by atoms with Crippen LogP contribution in [0.1, 0.15) is 18.1 Å². The van der Waals surface area contributed by atoms with Crippen molar-refractivity contribution in [3.05, 3.63) is 52.4 Å². The summed E-state index contributed by atoms with van der Waals surface area (Å²) in [5, 5.41) is 0. The van der Waals surface area contributed by atoms with Gasteiger partial charge in [0.2, 0.25) is 0 Å². The third-order valence-corrected chi connectivity index (χ3v) is 2.54. The molecule has 0 nitrogen and oxygen atoms in total. The van der Waals surface area contributed by atoms with Crippen molar-refractivity contribution in [3.63, 3.8) is 0 Å². The Morgan fingerprint density at radius 3 is 2.75 bits per heavy atom. The minimum Gasteiger partial charge on any atom is -0.102 e. The van der Waals surface area contributed by atoms with E-state index in [1.54, 1.807) is 0 Å². The first-order valence-electron chi connectivity index (χ1n) is 3.87. The van der Waals surface area contributed by atoms with E-state index in [1.165, 1.54) is 17.0 Å². The lowest BCUT2D eigenvalue weighted by Crippen LogP contribution is -1.91. The molecule has 0 spiro atoms. The first kappa shape index (κ1) is 9.53. The largest absolute Gasteiger partial charge is 0.102 e. The molecule has 0 atom stereocenters. The molecule has 0 aromatic heterocycles. The van der Waals surface area contributed by atoms with Gasteiger partial charge in [-0.3, -0.25) is 0 Å². The summed E-state index contributed by atoms with van der Waals surface area (Å²) >= 11 is 3.50. The van der Waals surface area contributed by atoms with Crippen LogP contribution >= 0.6 is 15.9 Å². The van der Waals surface area contributed by atoms with Crippen molar-refractivity contribution in [3.8, 4) is 0 Å². The Labute approximate surface area is 82.4 Å². The zero-order valence-corrected chi connectivity index (χ0v) is 8.98. The number of halogens is 1. The summed E-state index contributed by atoms with van der Waals surface area (Å²) in [5.74, 6) is 1.20. The highest BCUT2D eigenvalue weighted by Crippen LogP contribution is 2.25. The molecule has 63 valence electrons. The van der Waals surface area contributed by atoms with Crippen LogP contribution in [-0.2, 0) is 0 Å². The maximum Gasteiger partial charge on any atom is 0.0241 e. The zero-order valence-electron chi connectivity index (χ0n) is 7.39. The Balaban J connectivity index is 3.12. The molecule has 0 N–H and O–H groups in total. The van der Waals surface area contributed by atoms with E-state index in [0.717, 1.165) is 4.47 Å². The van der Waals surface area contributed by atoms with Gasteiger partial charge in [-0.2, -0.15) is 0 Å². The van der Waals surface area contributed by atoms with E-state index in [1.807, 2.05) is 6.08 Å². The van der Waals surface area contributed by atoms with Crippen LogP contribution in [0.4, 0.5) is 0 Å². The number of benzene rings is 1. The van der Waals surface area contributed by atoms with Gasteiger partial charge in [0.1, 0.15) is 0 Å². The van der Waals surface area contributed by atoms with E-state index < -0.39 is 0 Å². The molecule has 0 saturated heterocycles. The molecule has 1 rings (SSSR count). The van der Waals surface area contributed by atoms with Gasteiger partial charge in [0, 0.05) is 10.4 Å². The second kappa shape index (κ2) is 3.90. The summed E-state index contributed by atoms with van der Waals surface area (Å²) < 4.78 is 1.13. The van der Waals surface area contributed by atoms with Gasteiger partial charge in [0.15, 0.2) is 0 Å². The summed E-state index contributed by atoms with van der Waals surface area (Å²) in [4.78, 5) is 0. The Bertz CT molecular complexity index is 289. The number of rotatable bonds is 2. The van der Waals surface area contributed by atoms with Crippen LogP contribution in [0.3, 0.4) is 0 Å². The average molecular weight is 224 g/mol. The molecular formula is C11H12Br. The molecule has 1 aromatic carbocycles. The van der Waals surface area contributed by atoms with Crippen molar-refractivity contribution in [1.29, 1.82) is 0 Å². The van der Waals surface area contributed by atoms with E-state index in [2.05, 4.69) is 54.6 Å². The Kier molecular flexibility index (Phi) is 3.10. The van der Waals surface area contributed by atoms with Gasteiger partial charge in [-0.25, -0.2) is 0 Å². The second-order valence-electron chi connectivity index (χ2n) is 2.87. The van der Waals surface area contributed by atoms with Crippen molar-refractivity contribution < 1.29 is 0 Å². The van der Waals surface area contributed by atoms with Crippen molar-refractivity contribution in [2.45, 2.75) is 13.8 Å². The molecular weight excluding hydrogens is 212 g/mol. The lowest BCUT2D eigenvalue weighted by atomic mass is 10.00. The van der Waals surface area contributed by atoms with Gasteiger partial charge in [-0.05, 0) is 18.6 Å². The van der Waals surface area contributed by atoms with Crippen molar-refractivity contribution in [2.75, 3.05) is 0 Å². The molecule has 0 aliphatic carbocycles. The first-order valence-corrected chi connectivity index (χ1v) is 4.67. The highest BCUT2D eigenvalue weighted by Gasteiger charge is 2.05. The zero-order chi connectivity index (χ0) is 9.14. The quantitative estimate of drug-likeness (QED) is 0.714. The van der Waals surface area contributed by atoms with Crippen molar-refractivity contribution in [1.82, 2.24) is 0 Å². The Hall–Kier alpha value is -0.560. The highest BCUT2D eigenvalue weighted by molar-refractivity contribution is 9.10. The Morgan fingerprint density at radius 2 is 2.17 bits per heavy atom. The molecule has 1 aromatic rings. The summed E-state index contributed by atoms with van der Waals surface area (Å²) in [6.45, 7) is 7.90. The van der Waals surface area contributed by atoms with Crippen molar-refractivity contribution >= 4 is 15.9 Å². The smallest absolute Gasteiger partial charge is 0.0241 e. The van der Waals surface area contributed by atoms with Crippen LogP contribution in [0.2, 0.25) is 0 Å². The molecule has 0 saturated carbocycles. The molecule has 0 aliphatic heterocycles. The van der Waals surface area contributed by atoms with Gasteiger partial charge >= 0.3 is 0 Å². The van der Waals surface area contributed by atoms with Gasteiger partial charge < -0.3 is 0 Å². The molecule has 0 unspecified atom stereocenters. The lowest BCUT2D eigenvalue weighted by molar-refractivity contribution is 1.22. The molecule has 1 heteroatoms. The van der Waals surface area contributed by atoms with Crippen LogP contribution in [0.15, 0.2) is 35.3 Å². The summed E-state index contributed by atoms with van der Waals surface area (Å²) in [6.07, 6.45) is 1.87. The number of hydrogen-bond donors (Lipinski definition) is 0. The van der Waals surface area contributed by atoms with Crippen LogP contribution in [-0.4, -0.2) is 0 Å². The number of hydrogen-bond acceptors (Lipinski definition) is 0.